The minimum Gasteiger partial charge on any atom is -0.466 e. The molecule has 1 atom stereocenters. The maximum Gasteiger partial charge on any atom is 0.306 e. The summed E-state index contributed by atoms with van der Waals surface area (Å²) >= 11 is 1.19. The van der Waals surface area contributed by atoms with Crippen LogP contribution in [0.15, 0.2) is 23.1 Å². The van der Waals surface area contributed by atoms with Gasteiger partial charge in [0.1, 0.15) is 5.40 Å². The van der Waals surface area contributed by atoms with Crippen LogP contribution in [0.4, 0.5) is 5.69 Å². The van der Waals surface area contributed by atoms with Crippen molar-refractivity contribution >= 4 is 23.4 Å². The quantitative estimate of drug-likeness (QED) is 0.309. The molecule has 0 radical (unpaired) electrons. The van der Waals surface area contributed by atoms with Crippen molar-refractivity contribution in [2.24, 2.45) is 11.8 Å². The number of anilines is 1. The molecule has 26 heavy (non-hydrogen) atoms. The Kier molecular flexibility index (Phi) is 9.58. The van der Waals surface area contributed by atoms with Crippen molar-refractivity contribution in [2.45, 2.75) is 58.8 Å². The monoisotopic (exact) mass is 376 g/mol. The van der Waals surface area contributed by atoms with Gasteiger partial charge in [-0.2, -0.15) is 5.26 Å². The van der Waals surface area contributed by atoms with E-state index < -0.39 is 0 Å². The van der Waals surface area contributed by atoms with Gasteiger partial charge in [-0.05, 0) is 54.1 Å². The second-order valence-corrected chi connectivity index (χ2v) is 8.35. The third-order valence-corrected chi connectivity index (χ3v) is 4.64. The lowest BCUT2D eigenvalue weighted by atomic mass is 9.97. The molecule has 4 nitrogen and oxygen atoms in total. The second kappa shape index (κ2) is 11.1. The molecule has 0 heterocycles. The summed E-state index contributed by atoms with van der Waals surface area (Å²) in [5, 5.41) is 11.5. The highest BCUT2D eigenvalue weighted by atomic mass is 32.2. The van der Waals surface area contributed by atoms with Crippen LogP contribution in [0.2, 0.25) is 0 Å². The van der Waals surface area contributed by atoms with E-state index in [9.17, 15) is 10.1 Å². The Bertz CT molecular complexity index is 613. The van der Waals surface area contributed by atoms with Gasteiger partial charge in [0, 0.05) is 18.0 Å². The maximum absolute atomic E-state index is 11.8. The zero-order chi connectivity index (χ0) is 19.7. The van der Waals surface area contributed by atoms with E-state index in [1.165, 1.54) is 11.8 Å². The third kappa shape index (κ3) is 7.29. The molecular formula is C21H32N2O2S. The molecule has 0 aliphatic rings. The van der Waals surface area contributed by atoms with Crippen molar-refractivity contribution in [2.75, 3.05) is 24.6 Å². The van der Waals surface area contributed by atoms with Crippen LogP contribution >= 0.6 is 11.8 Å². The number of benzene rings is 1. The van der Waals surface area contributed by atoms with Crippen molar-refractivity contribution in [1.82, 2.24) is 0 Å². The summed E-state index contributed by atoms with van der Waals surface area (Å²) in [7, 11) is 0. The average Bonchev–Trinajstić information content (AvgIpc) is 2.53. The number of hydrogen-bond acceptors (Lipinski definition) is 5. The first-order valence-electron chi connectivity index (χ1n) is 9.38. The van der Waals surface area contributed by atoms with Gasteiger partial charge in [-0.15, -0.1) is 0 Å². The Morgan fingerprint density at radius 1 is 1.19 bits per heavy atom. The van der Waals surface area contributed by atoms with Crippen LogP contribution in [0.5, 0.6) is 0 Å². The summed E-state index contributed by atoms with van der Waals surface area (Å²) in [5.74, 6) is 0.955. The number of nitriles is 1. The zero-order valence-corrected chi connectivity index (χ0v) is 17.7. The van der Waals surface area contributed by atoms with Crippen LogP contribution in [0.3, 0.4) is 0 Å². The SMILES string of the molecule is CCOC(=O)C[C@@H](C)c1ccc(N(CC(C)C)CC(C)C)c(SC#N)c1. The summed E-state index contributed by atoms with van der Waals surface area (Å²) in [5.41, 5.74) is 2.17. The van der Waals surface area contributed by atoms with Gasteiger partial charge in [0.25, 0.3) is 0 Å². The smallest absolute Gasteiger partial charge is 0.306 e. The summed E-state index contributed by atoms with van der Waals surface area (Å²) < 4.78 is 5.06. The number of thioether (sulfide) groups is 1. The predicted octanol–water partition coefficient (Wildman–Crippen LogP) is 5.43. The number of hydrogen-bond donors (Lipinski definition) is 0. The highest BCUT2D eigenvalue weighted by molar-refractivity contribution is 8.03. The van der Waals surface area contributed by atoms with Crippen molar-refractivity contribution in [3.63, 3.8) is 0 Å². The van der Waals surface area contributed by atoms with Gasteiger partial charge in [-0.25, -0.2) is 0 Å². The number of thiocyanates is 1. The molecule has 1 aromatic carbocycles. The van der Waals surface area contributed by atoms with E-state index in [1.54, 1.807) is 0 Å². The lowest BCUT2D eigenvalue weighted by Gasteiger charge is -2.30. The van der Waals surface area contributed by atoms with Crippen molar-refractivity contribution in [3.05, 3.63) is 23.8 Å². The minimum atomic E-state index is -0.181. The number of esters is 1. The molecule has 0 saturated carbocycles. The second-order valence-electron chi connectivity index (χ2n) is 7.52. The fourth-order valence-electron chi connectivity index (χ4n) is 2.97. The van der Waals surface area contributed by atoms with Crippen LogP contribution in [-0.2, 0) is 9.53 Å². The van der Waals surface area contributed by atoms with Gasteiger partial charge in [-0.1, -0.05) is 40.7 Å². The van der Waals surface area contributed by atoms with E-state index in [0.29, 0.717) is 24.9 Å². The van der Waals surface area contributed by atoms with Crippen molar-refractivity contribution < 1.29 is 9.53 Å². The molecule has 0 unspecified atom stereocenters. The predicted molar refractivity (Wildman–Crippen MR) is 109 cm³/mol. The normalized spacial score (nSPS) is 12.1. The Morgan fingerprint density at radius 2 is 1.81 bits per heavy atom. The van der Waals surface area contributed by atoms with Gasteiger partial charge < -0.3 is 9.64 Å². The molecule has 0 amide bonds. The summed E-state index contributed by atoms with van der Waals surface area (Å²) in [6.45, 7) is 15.0. The number of ether oxygens (including phenoxy) is 1. The van der Waals surface area contributed by atoms with E-state index >= 15 is 0 Å². The molecule has 0 N–H and O–H groups in total. The van der Waals surface area contributed by atoms with E-state index in [2.05, 4.69) is 56.2 Å². The lowest BCUT2D eigenvalue weighted by Crippen LogP contribution is -2.31. The molecule has 0 bridgehead atoms. The van der Waals surface area contributed by atoms with E-state index in [-0.39, 0.29) is 11.9 Å². The zero-order valence-electron chi connectivity index (χ0n) is 16.9. The van der Waals surface area contributed by atoms with Crippen molar-refractivity contribution in [1.29, 1.82) is 5.26 Å². The highest BCUT2D eigenvalue weighted by Crippen LogP contribution is 2.34. The van der Waals surface area contributed by atoms with Crippen molar-refractivity contribution in [3.8, 4) is 5.40 Å². The third-order valence-electron chi connectivity index (χ3n) is 4.00. The first kappa shape index (κ1) is 22.4. The van der Waals surface area contributed by atoms with E-state index in [1.807, 2.05) is 13.8 Å². The largest absolute Gasteiger partial charge is 0.466 e. The standard InChI is InChI=1S/C21H32N2O2S/c1-7-25-21(24)10-17(6)18-8-9-19(20(11-18)26-14-22)23(12-15(2)3)13-16(4)5/h8-9,11,15-17H,7,10,12-13H2,1-6H3/t17-/m1/s1. The molecule has 144 valence electrons. The number of carbonyl (C=O) groups is 1. The Labute approximate surface area is 162 Å². The topological polar surface area (TPSA) is 53.3 Å². The van der Waals surface area contributed by atoms with Gasteiger partial charge in [0.05, 0.1) is 18.7 Å². The van der Waals surface area contributed by atoms with Gasteiger partial charge in [0.15, 0.2) is 0 Å². The molecule has 1 aromatic rings. The first-order chi connectivity index (χ1) is 12.3. The number of carbonyl (C=O) groups excluding carboxylic acids is 1. The number of nitrogens with zero attached hydrogens (tertiary/aromatic N) is 2. The van der Waals surface area contributed by atoms with Crippen LogP contribution in [0.25, 0.3) is 0 Å². The molecule has 0 fully saturated rings. The Balaban J connectivity index is 3.13. The fourth-order valence-corrected chi connectivity index (χ4v) is 3.57. The van der Waals surface area contributed by atoms with Gasteiger partial charge in [-0.3, -0.25) is 4.79 Å². The summed E-state index contributed by atoms with van der Waals surface area (Å²) in [6.07, 6.45) is 0.353. The van der Waals surface area contributed by atoms with Crippen LogP contribution in [0.1, 0.15) is 59.4 Å². The summed E-state index contributed by atoms with van der Waals surface area (Å²) in [4.78, 5) is 15.1. The highest BCUT2D eigenvalue weighted by Gasteiger charge is 2.18. The van der Waals surface area contributed by atoms with Crippen LogP contribution in [0, 0.1) is 22.5 Å². The molecular weight excluding hydrogens is 344 g/mol. The Morgan fingerprint density at radius 3 is 2.31 bits per heavy atom. The first-order valence-corrected chi connectivity index (χ1v) is 10.2. The lowest BCUT2D eigenvalue weighted by molar-refractivity contribution is -0.143. The summed E-state index contributed by atoms with van der Waals surface area (Å²) in [6, 6.07) is 6.23. The van der Waals surface area contributed by atoms with Gasteiger partial charge in [0.2, 0.25) is 0 Å². The Hall–Kier alpha value is -1.67. The molecule has 5 heteroatoms. The van der Waals surface area contributed by atoms with Crippen LogP contribution in [-0.4, -0.2) is 25.7 Å². The maximum atomic E-state index is 11.8. The fraction of sp³-hybridized carbons (Fsp3) is 0.619. The number of rotatable bonds is 10. The van der Waals surface area contributed by atoms with E-state index in [0.717, 1.165) is 29.2 Å². The molecule has 1 rings (SSSR count). The average molecular weight is 377 g/mol. The van der Waals surface area contributed by atoms with Crippen LogP contribution < -0.4 is 4.90 Å². The molecule has 0 aliphatic carbocycles. The minimum absolute atomic E-state index is 0.0600. The van der Waals surface area contributed by atoms with E-state index in [4.69, 9.17) is 4.74 Å². The molecule has 0 saturated heterocycles. The molecule has 0 aromatic heterocycles. The van der Waals surface area contributed by atoms with Gasteiger partial charge >= 0.3 is 5.97 Å². The molecule has 0 aliphatic heterocycles. The molecule has 0 spiro atoms.